The maximum atomic E-state index is 13.7. The average Bonchev–Trinajstić information content (AvgIpc) is 3.53. The Morgan fingerprint density at radius 3 is 2.51 bits per heavy atom. The molecule has 0 bridgehead atoms. The fraction of sp³-hybridized carbons (Fsp3) is 0.385. The molecule has 39 heavy (non-hydrogen) atoms. The number of anilines is 1. The fourth-order valence-corrected chi connectivity index (χ4v) is 5.42. The number of piperazine rings is 1. The van der Waals surface area contributed by atoms with Crippen LogP contribution in [0.4, 0.5) is 5.82 Å². The number of amides is 1. The zero-order chi connectivity index (χ0) is 27.7. The van der Waals surface area contributed by atoms with Crippen molar-refractivity contribution in [2.75, 3.05) is 37.7 Å². The second-order valence-electron chi connectivity index (χ2n) is 9.11. The highest BCUT2D eigenvalue weighted by atomic mass is 35.5. The zero-order valence-electron chi connectivity index (χ0n) is 21.8. The van der Waals surface area contributed by atoms with Gasteiger partial charge in [-0.15, -0.1) is 0 Å². The van der Waals surface area contributed by atoms with E-state index in [0.29, 0.717) is 77.6 Å². The van der Waals surface area contributed by atoms with Crippen LogP contribution in [0.1, 0.15) is 40.7 Å². The van der Waals surface area contributed by atoms with Gasteiger partial charge in [0.25, 0.3) is 11.7 Å². The van der Waals surface area contributed by atoms with Gasteiger partial charge in [-0.05, 0) is 39.3 Å². The smallest absolute Gasteiger partial charge is 0.306 e. The number of halogens is 2. The van der Waals surface area contributed by atoms with Gasteiger partial charge in [-0.25, -0.2) is 4.98 Å². The lowest BCUT2D eigenvalue weighted by Gasteiger charge is -2.37. The number of ether oxygens (including phenoxy) is 1. The van der Waals surface area contributed by atoms with Crippen molar-refractivity contribution in [2.45, 2.75) is 33.6 Å². The van der Waals surface area contributed by atoms with Crippen molar-refractivity contribution in [1.82, 2.24) is 29.6 Å². The van der Waals surface area contributed by atoms with Crippen LogP contribution in [0, 0.1) is 13.8 Å². The van der Waals surface area contributed by atoms with Gasteiger partial charge < -0.3 is 19.1 Å². The van der Waals surface area contributed by atoms with E-state index < -0.39 is 0 Å². The third kappa shape index (κ3) is 5.16. The predicted octanol–water partition coefficient (Wildman–Crippen LogP) is 4.16. The molecule has 204 valence electrons. The minimum Gasteiger partial charge on any atom is -0.466 e. The highest BCUT2D eigenvalue weighted by Crippen LogP contribution is 2.37. The quantitative estimate of drug-likeness (QED) is 0.301. The normalized spacial score (nSPS) is 13.8. The van der Waals surface area contributed by atoms with E-state index in [-0.39, 0.29) is 18.3 Å². The summed E-state index contributed by atoms with van der Waals surface area (Å²) >= 11 is 12.8. The second-order valence-corrected chi connectivity index (χ2v) is 9.93. The van der Waals surface area contributed by atoms with E-state index in [9.17, 15) is 9.59 Å². The lowest BCUT2D eigenvalue weighted by molar-refractivity contribution is -0.143. The number of hydrogen-bond donors (Lipinski definition) is 0. The molecule has 4 aromatic rings. The monoisotopic (exact) mass is 571 g/mol. The largest absolute Gasteiger partial charge is 0.466 e. The van der Waals surface area contributed by atoms with Gasteiger partial charge in [0.2, 0.25) is 0 Å². The number of rotatable bonds is 7. The van der Waals surface area contributed by atoms with Crippen LogP contribution in [0.3, 0.4) is 0 Å². The molecule has 13 heteroatoms. The molecule has 1 aliphatic heterocycles. The van der Waals surface area contributed by atoms with E-state index in [1.54, 1.807) is 41.5 Å². The fourth-order valence-electron chi connectivity index (χ4n) is 4.84. The molecule has 1 fully saturated rings. The van der Waals surface area contributed by atoms with E-state index in [1.807, 2.05) is 6.92 Å². The minimum atomic E-state index is -0.268. The summed E-state index contributed by atoms with van der Waals surface area (Å²) in [5.74, 6) is 1.20. The molecule has 1 saturated heterocycles. The Bertz CT molecular complexity index is 1520. The average molecular weight is 572 g/mol. The van der Waals surface area contributed by atoms with Gasteiger partial charge in [0, 0.05) is 49.4 Å². The number of aromatic nitrogens is 5. The molecule has 5 rings (SSSR count). The third-order valence-corrected chi connectivity index (χ3v) is 7.36. The number of aryl methyl sites for hydroxylation is 2. The van der Waals surface area contributed by atoms with Gasteiger partial charge in [0.05, 0.1) is 16.7 Å². The van der Waals surface area contributed by atoms with Crippen molar-refractivity contribution in [3.05, 3.63) is 57.2 Å². The van der Waals surface area contributed by atoms with Crippen LogP contribution in [0.5, 0.6) is 0 Å². The summed E-state index contributed by atoms with van der Waals surface area (Å²) in [4.78, 5) is 38.5. The first-order chi connectivity index (χ1) is 18.8. The molecule has 3 aromatic heterocycles. The van der Waals surface area contributed by atoms with Crippen LogP contribution in [0.25, 0.3) is 17.0 Å². The Balaban J connectivity index is 1.40. The predicted molar refractivity (Wildman–Crippen MR) is 145 cm³/mol. The first-order valence-electron chi connectivity index (χ1n) is 12.6. The van der Waals surface area contributed by atoms with Gasteiger partial charge in [-0.3, -0.25) is 9.59 Å². The summed E-state index contributed by atoms with van der Waals surface area (Å²) in [6, 6.07) is 5.12. The first kappa shape index (κ1) is 26.9. The molecule has 4 heterocycles. The molecule has 1 aromatic carbocycles. The van der Waals surface area contributed by atoms with E-state index in [2.05, 4.69) is 25.1 Å². The van der Waals surface area contributed by atoms with Crippen LogP contribution in [-0.4, -0.2) is 74.3 Å². The van der Waals surface area contributed by atoms with Gasteiger partial charge in [-0.1, -0.05) is 34.4 Å². The molecule has 0 N–H and O–H groups in total. The summed E-state index contributed by atoms with van der Waals surface area (Å²) in [5, 5.41) is 9.27. The third-order valence-electron chi connectivity index (χ3n) is 6.73. The van der Waals surface area contributed by atoms with Crippen LogP contribution in [0.2, 0.25) is 10.0 Å². The summed E-state index contributed by atoms with van der Waals surface area (Å²) in [6.07, 6.45) is 2.13. The summed E-state index contributed by atoms with van der Waals surface area (Å²) in [6.45, 7) is 7.65. The number of fused-ring (bicyclic) bond motifs is 1. The lowest BCUT2D eigenvalue weighted by Crippen LogP contribution is -2.49. The molecular weight excluding hydrogens is 545 g/mol. The van der Waals surface area contributed by atoms with E-state index in [1.165, 1.54) is 6.33 Å². The summed E-state index contributed by atoms with van der Waals surface area (Å²) in [7, 11) is 0. The molecule has 0 spiro atoms. The Morgan fingerprint density at radius 1 is 1.10 bits per heavy atom. The molecule has 1 aliphatic rings. The van der Waals surface area contributed by atoms with Gasteiger partial charge in [0.1, 0.15) is 29.2 Å². The van der Waals surface area contributed by atoms with Crippen molar-refractivity contribution in [3.63, 3.8) is 0 Å². The van der Waals surface area contributed by atoms with Gasteiger partial charge >= 0.3 is 5.97 Å². The van der Waals surface area contributed by atoms with Crippen molar-refractivity contribution in [2.24, 2.45) is 0 Å². The standard InChI is InChI=1S/C26H27Cl2N7O4/c1-4-38-20(36)9-8-17-15(2)31-26-29-14-30-35(26)24(17)33-10-12-34(13-11-33)25(37)21-16(3)39-32-23(21)22-18(27)6-5-7-19(22)28/h5-7,14H,4,8-13H2,1-3H3. The van der Waals surface area contributed by atoms with Gasteiger partial charge in [0.15, 0.2) is 0 Å². The Kier molecular flexibility index (Phi) is 7.72. The Labute approximate surface area is 234 Å². The molecule has 0 unspecified atom stereocenters. The van der Waals surface area contributed by atoms with Crippen LogP contribution in [0.15, 0.2) is 29.0 Å². The van der Waals surface area contributed by atoms with Crippen LogP contribution in [-0.2, 0) is 16.0 Å². The Morgan fingerprint density at radius 2 is 1.82 bits per heavy atom. The molecular formula is C26H27Cl2N7O4. The first-order valence-corrected chi connectivity index (χ1v) is 13.4. The topological polar surface area (TPSA) is 119 Å². The maximum absolute atomic E-state index is 13.7. The lowest BCUT2D eigenvalue weighted by atomic mass is 10.0. The van der Waals surface area contributed by atoms with E-state index >= 15 is 0 Å². The van der Waals surface area contributed by atoms with Crippen LogP contribution < -0.4 is 4.90 Å². The zero-order valence-corrected chi connectivity index (χ0v) is 23.3. The number of hydrogen-bond acceptors (Lipinski definition) is 9. The van der Waals surface area contributed by atoms with E-state index in [4.69, 9.17) is 32.5 Å². The molecule has 0 atom stereocenters. The number of esters is 1. The molecule has 0 saturated carbocycles. The van der Waals surface area contributed by atoms with Crippen LogP contribution >= 0.6 is 23.2 Å². The van der Waals surface area contributed by atoms with E-state index in [0.717, 1.165) is 17.1 Å². The Hall–Kier alpha value is -3.70. The number of nitrogens with zero attached hydrogens (tertiary/aromatic N) is 7. The summed E-state index contributed by atoms with van der Waals surface area (Å²) < 4.78 is 12.2. The molecule has 0 aliphatic carbocycles. The number of carbonyl (C=O) groups excluding carboxylic acids is 2. The van der Waals surface area contributed by atoms with Crippen molar-refractivity contribution in [3.8, 4) is 11.3 Å². The van der Waals surface area contributed by atoms with Gasteiger partial charge in [-0.2, -0.15) is 14.6 Å². The maximum Gasteiger partial charge on any atom is 0.306 e. The van der Waals surface area contributed by atoms with Crippen molar-refractivity contribution in [1.29, 1.82) is 0 Å². The number of benzene rings is 1. The minimum absolute atomic E-state index is 0.210. The SMILES string of the molecule is CCOC(=O)CCc1c(C)nc2ncnn2c1N1CCN(C(=O)c2c(-c3c(Cl)cccc3Cl)noc2C)CC1. The molecule has 1 amide bonds. The highest BCUT2D eigenvalue weighted by Gasteiger charge is 2.32. The van der Waals surface area contributed by atoms with Crippen molar-refractivity contribution < 1.29 is 18.8 Å². The molecule has 11 nitrogen and oxygen atoms in total. The summed E-state index contributed by atoms with van der Waals surface area (Å²) in [5.41, 5.74) is 2.80. The van der Waals surface area contributed by atoms with Crippen molar-refractivity contribution >= 4 is 46.7 Å². The second kappa shape index (κ2) is 11.2. The molecule has 0 radical (unpaired) electrons. The number of carbonyl (C=O) groups is 2. The highest BCUT2D eigenvalue weighted by molar-refractivity contribution is 6.39.